The summed E-state index contributed by atoms with van der Waals surface area (Å²) in [6.07, 6.45) is 5.48. The van der Waals surface area contributed by atoms with E-state index >= 15 is 0 Å². The number of rotatable bonds is 5. The van der Waals surface area contributed by atoms with Crippen LogP contribution in [0.1, 0.15) is 54.0 Å². The molecule has 0 amide bonds. The third-order valence-corrected chi connectivity index (χ3v) is 4.50. The zero-order valence-corrected chi connectivity index (χ0v) is 14.5. The van der Waals surface area contributed by atoms with Crippen LogP contribution < -0.4 is 0 Å². The van der Waals surface area contributed by atoms with E-state index in [4.69, 9.17) is 0 Å². The van der Waals surface area contributed by atoms with Crippen LogP contribution in [0.3, 0.4) is 0 Å². The summed E-state index contributed by atoms with van der Waals surface area (Å²) in [5.41, 5.74) is 6.48. The summed E-state index contributed by atoms with van der Waals surface area (Å²) in [6.45, 7) is 8.10. The Balaban J connectivity index is 2.49. The lowest BCUT2D eigenvalue weighted by atomic mass is 9.94. The maximum Gasteiger partial charge on any atom is 0.118 e. The van der Waals surface area contributed by atoms with Crippen molar-refractivity contribution in [3.8, 4) is 11.5 Å². The van der Waals surface area contributed by atoms with Gasteiger partial charge in [-0.25, -0.2) is 0 Å². The summed E-state index contributed by atoms with van der Waals surface area (Å²) in [6, 6.07) is 9.51. The van der Waals surface area contributed by atoms with E-state index in [-0.39, 0.29) is 0 Å². The zero-order valence-electron chi connectivity index (χ0n) is 14.5. The van der Waals surface area contributed by atoms with E-state index < -0.39 is 0 Å². The van der Waals surface area contributed by atoms with Crippen LogP contribution in [0.15, 0.2) is 30.3 Å². The molecule has 23 heavy (non-hydrogen) atoms. The summed E-state index contributed by atoms with van der Waals surface area (Å²) in [4.78, 5) is 0. The third-order valence-electron chi connectivity index (χ3n) is 4.50. The molecule has 0 unspecified atom stereocenters. The highest BCUT2D eigenvalue weighted by Crippen LogP contribution is 2.30. The lowest BCUT2D eigenvalue weighted by Gasteiger charge is -2.12. The highest BCUT2D eigenvalue weighted by Gasteiger charge is 2.08. The Morgan fingerprint density at radius 2 is 1.65 bits per heavy atom. The van der Waals surface area contributed by atoms with Gasteiger partial charge in [0.25, 0.3) is 0 Å². The van der Waals surface area contributed by atoms with Crippen molar-refractivity contribution in [2.75, 3.05) is 0 Å². The number of benzene rings is 2. The number of phenolic OH excluding ortho intramolecular Hbond substituents is 2. The Hall–Kier alpha value is -2.22. The van der Waals surface area contributed by atoms with Crippen molar-refractivity contribution in [3.63, 3.8) is 0 Å². The van der Waals surface area contributed by atoms with Gasteiger partial charge in [0.1, 0.15) is 11.5 Å². The molecule has 0 aliphatic carbocycles. The first-order valence-corrected chi connectivity index (χ1v) is 8.23. The van der Waals surface area contributed by atoms with E-state index in [2.05, 4.69) is 13.0 Å². The van der Waals surface area contributed by atoms with E-state index in [0.29, 0.717) is 11.5 Å². The maximum absolute atomic E-state index is 9.84. The van der Waals surface area contributed by atoms with Crippen LogP contribution in [-0.2, 0) is 0 Å². The quantitative estimate of drug-likeness (QED) is 0.690. The number of phenols is 2. The summed E-state index contributed by atoms with van der Waals surface area (Å²) < 4.78 is 0. The Bertz CT molecular complexity index is 727. The molecule has 2 N–H and O–H groups in total. The third kappa shape index (κ3) is 3.95. The summed E-state index contributed by atoms with van der Waals surface area (Å²) in [7, 11) is 0. The highest BCUT2D eigenvalue weighted by atomic mass is 16.3. The zero-order chi connectivity index (χ0) is 17.0. The molecule has 0 heterocycles. The second kappa shape index (κ2) is 7.36. The molecule has 0 bridgehead atoms. The normalized spacial score (nSPS) is 11.7. The van der Waals surface area contributed by atoms with E-state index in [1.165, 1.54) is 5.57 Å². The van der Waals surface area contributed by atoms with Crippen LogP contribution in [0, 0.1) is 20.8 Å². The molecule has 2 heteroatoms. The van der Waals surface area contributed by atoms with Crippen molar-refractivity contribution >= 4 is 11.6 Å². The van der Waals surface area contributed by atoms with E-state index in [1.807, 2.05) is 39.0 Å². The predicted octanol–water partition coefficient (Wildman–Crippen LogP) is 5.75. The first-order chi connectivity index (χ1) is 10.9. The van der Waals surface area contributed by atoms with Gasteiger partial charge in [-0.2, -0.15) is 0 Å². The second-order valence-electron chi connectivity index (χ2n) is 6.20. The SMILES string of the molecule is CCCCC(=Cc1ccc(O)c(C)c1C)c1ccc(O)c(C)c1. The van der Waals surface area contributed by atoms with Gasteiger partial charge in [-0.15, -0.1) is 0 Å². The maximum atomic E-state index is 9.84. The van der Waals surface area contributed by atoms with E-state index in [1.54, 1.807) is 12.1 Å². The van der Waals surface area contributed by atoms with Gasteiger partial charge in [-0.05, 0) is 85.2 Å². The molecule has 0 saturated carbocycles. The van der Waals surface area contributed by atoms with Crippen molar-refractivity contribution in [3.05, 3.63) is 58.1 Å². The van der Waals surface area contributed by atoms with Gasteiger partial charge in [-0.3, -0.25) is 0 Å². The molecule has 2 rings (SSSR count). The first-order valence-electron chi connectivity index (χ1n) is 8.23. The van der Waals surface area contributed by atoms with Crippen LogP contribution in [0.5, 0.6) is 11.5 Å². The number of hydrogen-bond donors (Lipinski definition) is 2. The lowest BCUT2D eigenvalue weighted by molar-refractivity contribution is 0.470. The van der Waals surface area contributed by atoms with Crippen LogP contribution in [0.2, 0.25) is 0 Å². The average Bonchev–Trinajstić information content (AvgIpc) is 2.54. The van der Waals surface area contributed by atoms with Crippen molar-refractivity contribution in [1.29, 1.82) is 0 Å². The molecule has 0 radical (unpaired) electrons. The molecule has 0 aliphatic heterocycles. The summed E-state index contributed by atoms with van der Waals surface area (Å²) >= 11 is 0. The summed E-state index contributed by atoms with van der Waals surface area (Å²) in [5.74, 6) is 0.676. The minimum atomic E-state index is 0.334. The molecule has 2 aromatic rings. The van der Waals surface area contributed by atoms with Crippen LogP contribution in [0.25, 0.3) is 11.6 Å². The van der Waals surface area contributed by atoms with Crippen molar-refractivity contribution < 1.29 is 10.2 Å². The molecule has 0 atom stereocenters. The predicted molar refractivity (Wildman–Crippen MR) is 97.8 cm³/mol. The van der Waals surface area contributed by atoms with E-state index in [0.717, 1.165) is 47.1 Å². The Morgan fingerprint density at radius 3 is 2.30 bits per heavy atom. The molecule has 2 nitrogen and oxygen atoms in total. The van der Waals surface area contributed by atoms with Crippen LogP contribution in [-0.4, -0.2) is 10.2 Å². The Kier molecular flexibility index (Phi) is 5.49. The molecular formula is C21H26O2. The van der Waals surface area contributed by atoms with E-state index in [9.17, 15) is 10.2 Å². The molecule has 0 aliphatic rings. The van der Waals surface area contributed by atoms with Gasteiger partial charge < -0.3 is 10.2 Å². The topological polar surface area (TPSA) is 40.5 Å². The standard InChI is InChI=1S/C21H26O2/c1-5-6-7-18(19-9-10-20(22)14(2)12-19)13-17-8-11-21(23)16(4)15(17)3/h8-13,22-23H,5-7H2,1-4H3. The fraction of sp³-hybridized carbons (Fsp3) is 0.333. The minimum absolute atomic E-state index is 0.334. The second-order valence-corrected chi connectivity index (χ2v) is 6.20. The molecule has 0 aromatic heterocycles. The highest BCUT2D eigenvalue weighted by molar-refractivity contribution is 5.83. The van der Waals surface area contributed by atoms with Crippen LogP contribution >= 0.6 is 0 Å². The van der Waals surface area contributed by atoms with Gasteiger partial charge in [0.15, 0.2) is 0 Å². The van der Waals surface area contributed by atoms with Crippen molar-refractivity contribution in [2.45, 2.75) is 47.0 Å². The molecular weight excluding hydrogens is 284 g/mol. The number of aromatic hydroxyl groups is 2. The molecule has 0 spiro atoms. The smallest absolute Gasteiger partial charge is 0.118 e. The molecule has 0 fully saturated rings. The number of hydrogen-bond acceptors (Lipinski definition) is 2. The molecule has 2 aromatic carbocycles. The van der Waals surface area contributed by atoms with Gasteiger partial charge in [0, 0.05) is 0 Å². The summed E-state index contributed by atoms with van der Waals surface area (Å²) in [5, 5.41) is 19.6. The molecule has 0 saturated heterocycles. The van der Waals surface area contributed by atoms with Crippen molar-refractivity contribution in [1.82, 2.24) is 0 Å². The number of unbranched alkanes of at least 4 members (excludes halogenated alkanes) is 1. The number of allylic oxidation sites excluding steroid dienone is 1. The monoisotopic (exact) mass is 310 g/mol. The molecule has 122 valence electrons. The lowest BCUT2D eigenvalue weighted by Crippen LogP contribution is -1.91. The first kappa shape index (κ1) is 17.1. The van der Waals surface area contributed by atoms with Gasteiger partial charge >= 0.3 is 0 Å². The minimum Gasteiger partial charge on any atom is -0.508 e. The van der Waals surface area contributed by atoms with Gasteiger partial charge in [0.05, 0.1) is 0 Å². The van der Waals surface area contributed by atoms with Crippen molar-refractivity contribution in [2.24, 2.45) is 0 Å². The number of aryl methyl sites for hydroxylation is 1. The van der Waals surface area contributed by atoms with Crippen LogP contribution in [0.4, 0.5) is 0 Å². The fourth-order valence-electron chi connectivity index (χ4n) is 2.69. The largest absolute Gasteiger partial charge is 0.508 e. The Labute approximate surface area is 139 Å². The Morgan fingerprint density at radius 1 is 0.957 bits per heavy atom. The average molecular weight is 310 g/mol. The van der Waals surface area contributed by atoms with Gasteiger partial charge in [-0.1, -0.05) is 31.6 Å². The van der Waals surface area contributed by atoms with Gasteiger partial charge in [0.2, 0.25) is 0 Å². The fourth-order valence-corrected chi connectivity index (χ4v) is 2.69.